The zero-order valence-corrected chi connectivity index (χ0v) is 37.6. The van der Waals surface area contributed by atoms with Crippen LogP contribution in [0.25, 0.3) is 60.9 Å². The van der Waals surface area contributed by atoms with Gasteiger partial charge in [-0.1, -0.05) is 179 Å². The third-order valence-corrected chi connectivity index (χ3v) is 16.2. The highest BCUT2D eigenvalue weighted by Gasteiger charge is 2.51. The molecule has 4 aliphatic carbocycles. The Kier molecular flexibility index (Phi) is 8.06. The van der Waals surface area contributed by atoms with Crippen molar-refractivity contribution in [2.24, 2.45) is 0 Å². The van der Waals surface area contributed by atoms with Crippen molar-refractivity contribution in [3.63, 3.8) is 0 Å². The van der Waals surface area contributed by atoms with E-state index in [1.165, 1.54) is 132 Å². The van der Waals surface area contributed by atoms with Crippen LogP contribution in [0.4, 0.5) is 17.1 Å². The average Bonchev–Trinajstić information content (AvgIpc) is 4.04. The summed E-state index contributed by atoms with van der Waals surface area (Å²) in [5, 5.41) is 2.58. The molecule has 2 heteroatoms. The molecule has 4 aliphatic rings. The molecular weight excluding hydrogens is 797 g/mol. The van der Waals surface area contributed by atoms with Gasteiger partial charge in [-0.25, -0.2) is 0 Å². The Bertz CT molecular complexity index is 3550. The molecule has 0 N–H and O–H groups in total. The first kappa shape index (κ1) is 37.9. The molecule has 14 rings (SSSR count). The van der Waals surface area contributed by atoms with E-state index in [0.29, 0.717) is 5.92 Å². The van der Waals surface area contributed by atoms with Crippen molar-refractivity contribution in [3.05, 3.63) is 239 Å². The van der Waals surface area contributed by atoms with Gasteiger partial charge in [-0.05, 0) is 146 Å². The summed E-state index contributed by atoms with van der Waals surface area (Å²) in [4.78, 5) is 2.54. The second-order valence-electron chi connectivity index (χ2n) is 19.8. The minimum absolute atomic E-state index is 0.145. The molecule has 10 aromatic rings. The van der Waals surface area contributed by atoms with Crippen LogP contribution in [-0.2, 0) is 10.8 Å². The highest BCUT2D eigenvalue weighted by atomic mass is 15.1. The standard InChI is InChI=1S/C64H50N2/c1-63(2)55-25-13-9-21-47(55)51-34-30-44(38-59(51)63)65(46-32-36-54-53-33-29-42(41-17-5-3-6-18-41)37-61(53)66(62(54)40-46)43-19-7-4-8-20-43)45-31-35-52-50-24-12-16-28-58(50)64(60(52)39-45)56-26-14-10-22-48(56)49-23-11-15-27-57(49)64/h4,7-16,19-41H,3,5-6,17-18H2,1-2H3. The van der Waals surface area contributed by atoms with Gasteiger partial charge in [0.25, 0.3) is 0 Å². The molecular formula is C64H50N2. The van der Waals surface area contributed by atoms with Crippen LogP contribution in [0, 0.1) is 0 Å². The number of nitrogens with zero attached hydrogens (tertiary/aromatic N) is 2. The zero-order valence-electron chi connectivity index (χ0n) is 37.6. The number of anilines is 3. The first-order valence-electron chi connectivity index (χ1n) is 24.1. The predicted molar refractivity (Wildman–Crippen MR) is 275 cm³/mol. The van der Waals surface area contributed by atoms with Crippen LogP contribution in [0.15, 0.2) is 200 Å². The molecule has 1 saturated carbocycles. The number of hydrogen-bond acceptors (Lipinski definition) is 1. The molecule has 9 aromatic carbocycles. The van der Waals surface area contributed by atoms with Crippen LogP contribution in [-0.4, -0.2) is 4.57 Å². The van der Waals surface area contributed by atoms with Crippen molar-refractivity contribution in [1.82, 2.24) is 4.57 Å². The van der Waals surface area contributed by atoms with Gasteiger partial charge in [0, 0.05) is 38.9 Å². The van der Waals surface area contributed by atoms with Gasteiger partial charge in [0.2, 0.25) is 0 Å². The summed E-state index contributed by atoms with van der Waals surface area (Å²) in [6.45, 7) is 4.78. The number of fused-ring (bicyclic) bond motifs is 16. The lowest BCUT2D eigenvalue weighted by molar-refractivity contribution is 0.444. The molecule has 0 atom stereocenters. The Morgan fingerprint density at radius 2 is 0.848 bits per heavy atom. The molecule has 1 heterocycles. The van der Waals surface area contributed by atoms with E-state index in [-0.39, 0.29) is 5.41 Å². The Balaban J connectivity index is 1.03. The van der Waals surface area contributed by atoms with E-state index in [1.54, 1.807) is 0 Å². The van der Waals surface area contributed by atoms with Crippen LogP contribution >= 0.6 is 0 Å². The molecule has 1 fully saturated rings. The molecule has 0 bridgehead atoms. The van der Waals surface area contributed by atoms with Crippen molar-refractivity contribution in [2.75, 3.05) is 4.90 Å². The minimum Gasteiger partial charge on any atom is -0.310 e. The summed E-state index contributed by atoms with van der Waals surface area (Å²) in [6.07, 6.45) is 6.57. The summed E-state index contributed by atoms with van der Waals surface area (Å²) in [6, 6.07) is 76.5. The van der Waals surface area contributed by atoms with E-state index >= 15 is 0 Å². The van der Waals surface area contributed by atoms with E-state index in [0.717, 1.165) is 17.1 Å². The second kappa shape index (κ2) is 14.0. The minimum atomic E-state index is -0.442. The maximum Gasteiger partial charge on any atom is 0.0726 e. The first-order chi connectivity index (χ1) is 32.5. The molecule has 66 heavy (non-hydrogen) atoms. The lowest BCUT2D eigenvalue weighted by atomic mass is 9.70. The number of aromatic nitrogens is 1. The van der Waals surface area contributed by atoms with E-state index in [9.17, 15) is 0 Å². The predicted octanol–water partition coefficient (Wildman–Crippen LogP) is 17.0. The maximum atomic E-state index is 2.54. The van der Waals surface area contributed by atoms with E-state index in [4.69, 9.17) is 0 Å². The summed E-state index contributed by atoms with van der Waals surface area (Å²) >= 11 is 0. The lowest BCUT2D eigenvalue weighted by Gasteiger charge is -2.32. The third-order valence-electron chi connectivity index (χ3n) is 16.2. The van der Waals surface area contributed by atoms with Gasteiger partial charge in [-0.3, -0.25) is 0 Å². The molecule has 0 amide bonds. The van der Waals surface area contributed by atoms with Gasteiger partial charge < -0.3 is 9.47 Å². The van der Waals surface area contributed by atoms with Gasteiger partial charge in [0.1, 0.15) is 0 Å². The molecule has 0 radical (unpaired) electrons. The van der Waals surface area contributed by atoms with Crippen molar-refractivity contribution in [2.45, 2.75) is 62.7 Å². The fraction of sp³-hybridized carbons (Fsp3) is 0.156. The van der Waals surface area contributed by atoms with Gasteiger partial charge in [-0.15, -0.1) is 0 Å². The van der Waals surface area contributed by atoms with Crippen LogP contribution < -0.4 is 4.90 Å². The van der Waals surface area contributed by atoms with Crippen LogP contribution in [0.2, 0.25) is 0 Å². The van der Waals surface area contributed by atoms with Crippen molar-refractivity contribution in [1.29, 1.82) is 0 Å². The maximum absolute atomic E-state index is 2.54. The monoisotopic (exact) mass is 846 g/mol. The lowest BCUT2D eigenvalue weighted by Crippen LogP contribution is -2.26. The van der Waals surface area contributed by atoms with Gasteiger partial charge in [0.05, 0.1) is 16.4 Å². The molecule has 0 unspecified atom stereocenters. The van der Waals surface area contributed by atoms with Gasteiger partial charge >= 0.3 is 0 Å². The van der Waals surface area contributed by atoms with E-state index in [1.807, 2.05) is 0 Å². The normalized spacial score (nSPS) is 15.9. The SMILES string of the molecule is CC1(C)c2ccccc2-c2ccc(N(c3ccc4c(c3)C3(c5ccccc5-c5ccccc53)c3ccccc3-4)c3ccc4c5ccc(C6CCCCC6)cc5n(-c5ccccc5)c4c3)cc21. The van der Waals surface area contributed by atoms with E-state index < -0.39 is 5.41 Å². The summed E-state index contributed by atoms with van der Waals surface area (Å²) in [5.41, 5.74) is 24.2. The number of rotatable bonds is 5. The molecule has 1 spiro atoms. The second-order valence-corrected chi connectivity index (χ2v) is 19.8. The molecule has 2 nitrogen and oxygen atoms in total. The van der Waals surface area contributed by atoms with Gasteiger partial charge in [-0.2, -0.15) is 0 Å². The van der Waals surface area contributed by atoms with E-state index in [2.05, 4.69) is 224 Å². The Labute approximate surface area is 387 Å². The van der Waals surface area contributed by atoms with Crippen molar-refractivity contribution < 1.29 is 0 Å². The molecule has 0 aliphatic heterocycles. The topological polar surface area (TPSA) is 8.17 Å². The quantitative estimate of drug-likeness (QED) is 0.168. The summed E-state index contributed by atoms with van der Waals surface area (Å²) in [5.74, 6) is 0.625. The number of hydrogen-bond donors (Lipinski definition) is 0. The number of para-hydroxylation sites is 1. The molecule has 316 valence electrons. The zero-order chi connectivity index (χ0) is 43.7. The fourth-order valence-electron chi connectivity index (χ4n) is 13.2. The Morgan fingerprint density at radius 3 is 1.47 bits per heavy atom. The Hall–Kier alpha value is -7.42. The van der Waals surface area contributed by atoms with Crippen molar-refractivity contribution in [3.8, 4) is 39.1 Å². The highest BCUT2D eigenvalue weighted by molar-refractivity contribution is 6.11. The molecule has 1 aromatic heterocycles. The third kappa shape index (κ3) is 5.13. The van der Waals surface area contributed by atoms with Gasteiger partial charge in [0.15, 0.2) is 0 Å². The van der Waals surface area contributed by atoms with Crippen molar-refractivity contribution >= 4 is 38.9 Å². The first-order valence-corrected chi connectivity index (χ1v) is 24.1. The summed E-state index contributed by atoms with van der Waals surface area (Å²) < 4.78 is 2.53. The summed E-state index contributed by atoms with van der Waals surface area (Å²) in [7, 11) is 0. The average molecular weight is 847 g/mol. The molecule has 0 saturated heterocycles. The van der Waals surface area contributed by atoms with Crippen LogP contribution in [0.1, 0.15) is 90.8 Å². The highest BCUT2D eigenvalue weighted by Crippen LogP contribution is 2.63. The number of benzene rings is 9. The Morgan fingerprint density at radius 1 is 0.394 bits per heavy atom. The smallest absolute Gasteiger partial charge is 0.0726 e. The fourth-order valence-corrected chi connectivity index (χ4v) is 13.2. The largest absolute Gasteiger partial charge is 0.310 e. The van der Waals surface area contributed by atoms with Crippen LogP contribution in [0.5, 0.6) is 0 Å². The van der Waals surface area contributed by atoms with Crippen LogP contribution in [0.3, 0.4) is 0 Å².